The van der Waals surface area contributed by atoms with E-state index < -0.39 is 0 Å². The summed E-state index contributed by atoms with van der Waals surface area (Å²) in [6, 6.07) is 0. The van der Waals surface area contributed by atoms with Crippen LogP contribution in [0.3, 0.4) is 0 Å². The van der Waals surface area contributed by atoms with Crippen molar-refractivity contribution in [1.82, 2.24) is 0 Å². The topological polar surface area (TPSA) is 40.5 Å². The lowest BCUT2D eigenvalue weighted by atomic mass is 9.51. The van der Waals surface area contributed by atoms with Gasteiger partial charge in [-0.25, -0.2) is 0 Å². The van der Waals surface area contributed by atoms with Crippen LogP contribution in [-0.4, -0.2) is 22.4 Å². The molecule has 4 aliphatic rings. The van der Waals surface area contributed by atoms with Crippen molar-refractivity contribution in [2.24, 2.45) is 35.0 Å². The molecule has 2 N–H and O–H groups in total. The maximum atomic E-state index is 10.4. The zero-order chi connectivity index (χ0) is 13.9. The molecule has 4 unspecified atom stereocenters. The predicted octanol–water partition coefficient (Wildman–Crippen LogP) is 3.14. The fourth-order valence-corrected chi connectivity index (χ4v) is 6.35. The highest BCUT2D eigenvalue weighted by Gasteiger charge is 2.56. The summed E-state index contributed by atoms with van der Waals surface area (Å²) in [6.07, 6.45) is 12.5. The standard InChI is InChI=1S/C18H28O2/c1-18-9-8-14-13-5-3-12(19)10-11(13)2-4-15(14)16(18)6-7-17(18)20/h3,5,11-17,19-20H,2,4,6-10H2,1H3/t11-,12-,13?,14?,15?,16?,17+,18-/m0/s1. The highest BCUT2D eigenvalue weighted by atomic mass is 16.3. The second-order valence-electron chi connectivity index (χ2n) is 8.17. The van der Waals surface area contributed by atoms with Gasteiger partial charge in [0.2, 0.25) is 0 Å². The maximum Gasteiger partial charge on any atom is 0.0723 e. The SMILES string of the molecule is C[C@]12CCC3C(CC[C@H]4C[C@@H](O)C=CC34)C1CC[C@H]2O. The van der Waals surface area contributed by atoms with Crippen molar-refractivity contribution in [3.63, 3.8) is 0 Å². The highest BCUT2D eigenvalue weighted by Crippen LogP contribution is 2.61. The number of aliphatic hydroxyl groups excluding tert-OH is 2. The molecule has 0 heterocycles. The van der Waals surface area contributed by atoms with E-state index in [9.17, 15) is 10.2 Å². The van der Waals surface area contributed by atoms with Gasteiger partial charge in [0.25, 0.3) is 0 Å². The summed E-state index contributed by atoms with van der Waals surface area (Å²) in [5, 5.41) is 20.2. The van der Waals surface area contributed by atoms with Gasteiger partial charge in [0, 0.05) is 0 Å². The number of rotatable bonds is 0. The Hall–Kier alpha value is -0.340. The van der Waals surface area contributed by atoms with E-state index in [4.69, 9.17) is 0 Å². The van der Waals surface area contributed by atoms with Gasteiger partial charge in [-0.3, -0.25) is 0 Å². The number of hydrogen-bond acceptors (Lipinski definition) is 2. The summed E-state index contributed by atoms with van der Waals surface area (Å²) in [5.74, 6) is 3.82. The summed E-state index contributed by atoms with van der Waals surface area (Å²) in [5.41, 5.74) is 0.200. The first-order valence-electron chi connectivity index (χ1n) is 8.64. The highest BCUT2D eigenvalue weighted by molar-refractivity contribution is 5.11. The van der Waals surface area contributed by atoms with E-state index >= 15 is 0 Å². The first kappa shape index (κ1) is 13.3. The van der Waals surface area contributed by atoms with Gasteiger partial charge in [0.1, 0.15) is 0 Å². The lowest BCUT2D eigenvalue weighted by Crippen LogP contribution is -2.48. The minimum absolute atomic E-state index is 0.0603. The fourth-order valence-electron chi connectivity index (χ4n) is 6.35. The van der Waals surface area contributed by atoms with Crippen LogP contribution >= 0.6 is 0 Å². The van der Waals surface area contributed by atoms with E-state index in [1.54, 1.807) is 0 Å². The van der Waals surface area contributed by atoms with E-state index in [1.165, 1.54) is 32.1 Å². The molecule has 20 heavy (non-hydrogen) atoms. The summed E-state index contributed by atoms with van der Waals surface area (Å²) in [7, 11) is 0. The van der Waals surface area contributed by atoms with Crippen molar-refractivity contribution in [3.05, 3.63) is 12.2 Å². The van der Waals surface area contributed by atoms with Crippen molar-refractivity contribution < 1.29 is 10.2 Å². The van der Waals surface area contributed by atoms with E-state index in [0.717, 1.165) is 30.6 Å². The molecule has 3 saturated carbocycles. The molecule has 0 aromatic heterocycles. The largest absolute Gasteiger partial charge is 0.393 e. The third-order valence-corrected chi connectivity index (χ3v) is 7.45. The quantitative estimate of drug-likeness (QED) is 0.667. The summed E-state index contributed by atoms with van der Waals surface area (Å²) in [6.45, 7) is 2.35. The Kier molecular flexibility index (Phi) is 3.05. The smallest absolute Gasteiger partial charge is 0.0723 e. The molecule has 0 aromatic carbocycles. The Morgan fingerprint density at radius 3 is 2.65 bits per heavy atom. The molecule has 0 radical (unpaired) electrons. The minimum atomic E-state index is -0.199. The third kappa shape index (κ3) is 1.77. The number of fused-ring (bicyclic) bond motifs is 5. The first-order valence-corrected chi connectivity index (χ1v) is 8.64. The van der Waals surface area contributed by atoms with Gasteiger partial charge >= 0.3 is 0 Å². The van der Waals surface area contributed by atoms with E-state index in [2.05, 4.69) is 13.0 Å². The summed E-state index contributed by atoms with van der Waals surface area (Å²) < 4.78 is 0. The Bertz CT molecular complexity index is 418. The van der Waals surface area contributed by atoms with Crippen LogP contribution in [-0.2, 0) is 0 Å². The lowest BCUT2D eigenvalue weighted by molar-refractivity contribution is -0.0703. The van der Waals surface area contributed by atoms with Gasteiger partial charge in [-0.2, -0.15) is 0 Å². The average molecular weight is 276 g/mol. The first-order chi connectivity index (χ1) is 9.59. The van der Waals surface area contributed by atoms with Crippen LogP contribution in [0.5, 0.6) is 0 Å². The molecule has 2 nitrogen and oxygen atoms in total. The van der Waals surface area contributed by atoms with Crippen molar-refractivity contribution in [2.45, 2.75) is 64.1 Å². The molecule has 0 aliphatic heterocycles. The summed E-state index contributed by atoms with van der Waals surface area (Å²) >= 11 is 0. The van der Waals surface area contributed by atoms with E-state index in [-0.39, 0.29) is 17.6 Å². The van der Waals surface area contributed by atoms with Crippen LogP contribution in [0.4, 0.5) is 0 Å². The molecular weight excluding hydrogens is 248 g/mol. The number of allylic oxidation sites excluding steroid dienone is 1. The predicted molar refractivity (Wildman–Crippen MR) is 79.0 cm³/mol. The molecule has 0 saturated heterocycles. The Morgan fingerprint density at radius 1 is 0.950 bits per heavy atom. The minimum Gasteiger partial charge on any atom is -0.393 e. The zero-order valence-corrected chi connectivity index (χ0v) is 12.5. The maximum absolute atomic E-state index is 10.4. The molecule has 2 heteroatoms. The van der Waals surface area contributed by atoms with Crippen molar-refractivity contribution in [1.29, 1.82) is 0 Å². The van der Waals surface area contributed by atoms with Crippen molar-refractivity contribution >= 4 is 0 Å². The van der Waals surface area contributed by atoms with Gasteiger partial charge in [-0.05, 0) is 80.0 Å². The molecule has 112 valence electrons. The van der Waals surface area contributed by atoms with Crippen molar-refractivity contribution in [2.75, 3.05) is 0 Å². The normalized spacial score (nSPS) is 57.9. The molecule has 0 amide bonds. The van der Waals surface area contributed by atoms with Crippen LogP contribution in [0.15, 0.2) is 12.2 Å². The molecule has 8 atom stereocenters. The molecule has 0 bridgehead atoms. The van der Waals surface area contributed by atoms with Crippen LogP contribution in [0.1, 0.15) is 51.9 Å². The van der Waals surface area contributed by atoms with E-state index in [0.29, 0.717) is 11.8 Å². The fraction of sp³-hybridized carbons (Fsp3) is 0.889. The zero-order valence-electron chi connectivity index (χ0n) is 12.5. The van der Waals surface area contributed by atoms with Crippen LogP contribution in [0, 0.1) is 35.0 Å². The van der Waals surface area contributed by atoms with Gasteiger partial charge < -0.3 is 10.2 Å². The third-order valence-electron chi connectivity index (χ3n) is 7.45. The Labute approximate surface area is 122 Å². The molecular formula is C18H28O2. The molecule has 4 aliphatic carbocycles. The number of hydrogen-bond donors (Lipinski definition) is 2. The summed E-state index contributed by atoms with van der Waals surface area (Å²) in [4.78, 5) is 0. The second kappa shape index (κ2) is 4.58. The van der Waals surface area contributed by atoms with Gasteiger partial charge in [0.05, 0.1) is 12.2 Å². The van der Waals surface area contributed by atoms with E-state index in [1.807, 2.05) is 6.08 Å². The van der Waals surface area contributed by atoms with Crippen LogP contribution in [0.25, 0.3) is 0 Å². The van der Waals surface area contributed by atoms with Gasteiger partial charge in [0.15, 0.2) is 0 Å². The molecule has 0 aromatic rings. The van der Waals surface area contributed by atoms with Crippen LogP contribution < -0.4 is 0 Å². The number of aliphatic hydroxyl groups is 2. The average Bonchev–Trinajstić information content (AvgIpc) is 2.74. The Balaban J connectivity index is 1.61. The Morgan fingerprint density at radius 2 is 1.80 bits per heavy atom. The second-order valence-corrected chi connectivity index (χ2v) is 8.17. The van der Waals surface area contributed by atoms with Crippen LogP contribution in [0.2, 0.25) is 0 Å². The molecule has 4 rings (SSSR count). The van der Waals surface area contributed by atoms with Crippen molar-refractivity contribution in [3.8, 4) is 0 Å². The van der Waals surface area contributed by atoms with Gasteiger partial charge in [-0.1, -0.05) is 19.1 Å². The molecule has 3 fully saturated rings. The van der Waals surface area contributed by atoms with Gasteiger partial charge in [-0.15, -0.1) is 0 Å². The lowest BCUT2D eigenvalue weighted by Gasteiger charge is -2.54. The monoisotopic (exact) mass is 276 g/mol. The molecule has 0 spiro atoms.